The molecule has 5 rings (SSSR count). The van der Waals surface area contributed by atoms with Crippen molar-refractivity contribution in [3.8, 4) is 5.75 Å². The molecular weight excluding hydrogens is 546 g/mol. The number of likely N-dealkylation sites (N-methyl/N-ethyl adjacent to an activating group) is 1. The third-order valence-electron chi connectivity index (χ3n) is 7.95. The van der Waals surface area contributed by atoms with Crippen molar-refractivity contribution in [3.63, 3.8) is 0 Å². The van der Waals surface area contributed by atoms with Crippen molar-refractivity contribution in [1.29, 1.82) is 0 Å². The van der Waals surface area contributed by atoms with Crippen molar-refractivity contribution in [2.75, 3.05) is 39.8 Å². The highest BCUT2D eigenvalue weighted by atomic mass is 35.5. The van der Waals surface area contributed by atoms with Crippen LogP contribution in [0.4, 0.5) is 4.39 Å². The van der Waals surface area contributed by atoms with Gasteiger partial charge in [0.25, 0.3) is 5.91 Å². The van der Waals surface area contributed by atoms with Crippen LogP contribution in [0.15, 0.2) is 60.7 Å². The Bertz CT molecular complexity index is 1330. The summed E-state index contributed by atoms with van der Waals surface area (Å²) in [4.78, 5) is 17.3. The second kappa shape index (κ2) is 11.4. The van der Waals surface area contributed by atoms with E-state index in [4.69, 9.17) is 39.5 Å². The summed E-state index contributed by atoms with van der Waals surface area (Å²) in [5.74, 6) is 0.590. The topological polar surface area (TPSA) is 32.8 Å². The first-order chi connectivity index (χ1) is 18.2. The van der Waals surface area contributed by atoms with E-state index in [1.807, 2.05) is 25.2 Å². The molecule has 4 nitrogen and oxygen atoms in total. The van der Waals surface area contributed by atoms with E-state index in [-0.39, 0.29) is 23.1 Å². The van der Waals surface area contributed by atoms with Gasteiger partial charge in [-0.05, 0) is 93.0 Å². The van der Waals surface area contributed by atoms with Gasteiger partial charge in [0.05, 0.1) is 16.7 Å². The van der Waals surface area contributed by atoms with Gasteiger partial charge in [-0.3, -0.25) is 4.79 Å². The summed E-state index contributed by atoms with van der Waals surface area (Å²) in [6, 6.07) is 17.6. The maximum Gasteiger partial charge on any atom is 0.253 e. The molecule has 200 valence electrons. The normalized spacial score (nSPS) is 17.2. The Morgan fingerprint density at radius 2 is 1.84 bits per heavy atom. The molecule has 0 saturated carbocycles. The average molecular weight is 576 g/mol. The Hall–Kier alpha value is -2.31. The summed E-state index contributed by atoms with van der Waals surface area (Å²) in [5.41, 5.74) is 2.50. The number of piperidine rings is 1. The van der Waals surface area contributed by atoms with Crippen molar-refractivity contribution >= 4 is 40.7 Å². The number of carbonyl (C=O) groups excluding carboxylic acids is 1. The van der Waals surface area contributed by atoms with Crippen molar-refractivity contribution in [1.82, 2.24) is 9.80 Å². The van der Waals surface area contributed by atoms with Crippen molar-refractivity contribution < 1.29 is 13.9 Å². The molecule has 38 heavy (non-hydrogen) atoms. The van der Waals surface area contributed by atoms with E-state index in [0.29, 0.717) is 33.8 Å². The van der Waals surface area contributed by atoms with Crippen LogP contribution in [0.2, 0.25) is 15.1 Å². The standard InChI is InChI=1S/C30H30Cl3FN2O2/c1-35(29(37)21-3-2-4-23(31)15-21)18-22(20-5-7-26(32)27(33)16-20)9-12-36-13-10-30(11-14-36)19-38-28-8-6-24(34)17-25(28)30/h2-8,15-17,22H,9-14,18-19H2,1H3/t22-/m1/s1. The summed E-state index contributed by atoms with van der Waals surface area (Å²) in [6.07, 6.45) is 2.70. The number of benzene rings is 3. The van der Waals surface area contributed by atoms with Crippen LogP contribution in [-0.2, 0) is 5.41 Å². The van der Waals surface area contributed by atoms with Crippen LogP contribution in [0.25, 0.3) is 0 Å². The van der Waals surface area contributed by atoms with E-state index in [9.17, 15) is 9.18 Å². The molecule has 1 amide bonds. The number of hydrogen-bond acceptors (Lipinski definition) is 3. The molecule has 1 spiro atoms. The van der Waals surface area contributed by atoms with Gasteiger partial charge in [0.15, 0.2) is 0 Å². The lowest BCUT2D eigenvalue weighted by Gasteiger charge is -2.39. The number of halogens is 4. The molecule has 0 aliphatic carbocycles. The number of carbonyl (C=O) groups is 1. The SMILES string of the molecule is CN(C[C@@H](CCN1CCC2(CC1)COc1ccc(F)cc12)c1ccc(Cl)c(Cl)c1)C(=O)c1cccc(Cl)c1. The Labute approximate surface area is 238 Å². The number of hydrogen-bond donors (Lipinski definition) is 0. The summed E-state index contributed by atoms with van der Waals surface area (Å²) < 4.78 is 19.9. The number of ether oxygens (including phenoxy) is 1. The number of likely N-dealkylation sites (tertiary alicyclic amines) is 1. The molecule has 1 saturated heterocycles. The number of rotatable bonds is 7. The van der Waals surface area contributed by atoms with Gasteiger partial charge in [-0.15, -0.1) is 0 Å². The summed E-state index contributed by atoms with van der Waals surface area (Å²) in [7, 11) is 1.81. The van der Waals surface area contributed by atoms with Crippen LogP contribution in [0, 0.1) is 5.82 Å². The van der Waals surface area contributed by atoms with Crippen molar-refractivity contribution in [2.24, 2.45) is 0 Å². The van der Waals surface area contributed by atoms with E-state index in [1.54, 1.807) is 41.3 Å². The molecule has 2 heterocycles. The molecule has 0 bridgehead atoms. The second-order valence-electron chi connectivity index (χ2n) is 10.4. The van der Waals surface area contributed by atoms with E-state index in [0.717, 1.165) is 55.8 Å². The highest BCUT2D eigenvalue weighted by molar-refractivity contribution is 6.42. The highest BCUT2D eigenvalue weighted by Gasteiger charge is 2.43. The zero-order valence-electron chi connectivity index (χ0n) is 21.2. The minimum absolute atomic E-state index is 0.0680. The minimum Gasteiger partial charge on any atom is -0.492 e. The summed E-state index contributed by atoms with van der Waals surface area (Å²) in [5, 5.41) is 1.55. The Balaban J connectivity index is 1.26. The Morgan fingerprint density at radius 3 is 2.58 bits per heavy atom. The zero-order valence-corrected chi connectivity index (χ0v) is 23.5. The highest BCUT2D eigenvalue weighted by Crippen LogP contribution is 2.45. The first-order valence-corrected chi connectivity index (χ1v) is 14.0. The van der Waals surface area contributed by atoms with Gasteiger partial charge in [-0.2, -0.15) is 0 Å². The zero-order chi connectivity index (χ0) is 26.9. The van der Waals surface area contributed by atoms with Gasteiger partial charge in [-0.1, -0.05) is 46.9 Å². The lowest BCUT2D eigenvalue weighted by molar-refractivity contribution is 0.0779. The maximum absolute atomic E-state index is 14.0. The molecule has 2 aliphatic rings. The molecule has 2 aliphatic heterocycles. The van der Waals surface area contributed by atoms with Gasteiger partial charge >= 0.3 is 0 Å². The molecule has 3 aromatic rings. The predicted octanol–water partition coefficient (Wildman–Crippen LogP) is 7.46. The van der Waals surface area contributed by atoms with E-state index >= 15 is 0 Å². The smallest absolute Gasteiger partial charge is 0.253 e. The quantitative estimate of drug-likeness (QED) is 0.293. The van der Waals surface area contributed by atoms with Crippen molar-refractivity contribution in [3.05, 3.63) is 98.2 Å². The Morgan fingerprint density at radius 1 is 1.05 bits per heavy atom. The number of nitrogens with zero attached hydrogens (tertiary/aromatic N) is 2. The molecule has 3 aromatic carbocycles. The summed E-state index contributed by atoms with van der Waals surface area (Å²) in [6.45, 7) is 3.83. The van der Waals surface area contributed by atoms with E-state index in [1.165, 1.54) is 6.07 Å². The first-order valence-electron chi connectivity index (χ1n) is 12.9. The van der Waals surface area contributed by atoms with E-state index in [2.05, 4.69) is 4.90 Å². The van der Waals surface area contributed by atoms with Crippen LogP contribution >= 0.6 is 34.8 Å². The fraction of sp³-hybridized carbons (Fsp3) is 0.367. The number of fused-ring (bicyclic) bond motifs is 2. The molecule has 0 unspecified atom stereocenters. The van der Waals surface area contributed by atoms with Crippen LogP contribution in [0.5, 0.6) is 5.75 Å². The van der Waals surface area contributed by atoms with Crippen molar-refractivity contribution in [2.45, 2.75) is 30.6 Å². The largest absolute Gasteiger partial charge is 0.492 e. The van der Waals surface area contributed by atoms with Gasteiger partial charge in [0.2, 0.25) is 0 Å². The monoisotopic (exact) mass is 574 g/mol. The molecule has 0 aromatic heterocycles. The second-order valence-corrected chi connectivity index (χ2v) is 11.7. The molecular formula is C30H30Cl3FN2O2. The third-order valence-corrected chi connectivity index (χ3v) is 8.93. The van der Waals surface area contributed by atoms with Crippen LogP contribution in [0.1, 0.15) is 46.7 Å². The maximum atomic E-state index is 14.0. The van der Waals surface area contributed by atoms with Gasteiger partial charge < -0.3 is 14.5 Å². The van der Waals surface area contributed by atoms with E-state index < -0.39 is 0 Å². The van der Waals surface area contributed by atoms with Crippen LogP contribution < -0.4 is 4.74 Å². The number of amides is 1. The molecule has 1 atom stereocenters. The molecule has 0 N–H and O–H groups in total. The third kappa shape index (κ3) is 5.81. The fourth-order valence-electron chi connectivity index (χ4n) is 5.68. The first kappa shape index (κ1) is 27.3. The van der Waals surface area contributed by atoms with Gasteiger partial charge in [0, 0.05) is 41.1 Å². The van der Waals surface area contributed by atoms with Gasteiger partial charge in [0.1, 0.15) is 11.6 Å². The summed E-state index contributed by atoms with van der Waals surface area (Å²) >= 11 is 18.7. The lowest BCUT2D eigenvalue weighted by atomic mass is 9.74. The van der Waals surface area contributed by atoms with Gasteiger partial charge in [-0.25, -0.2) is 4.39 Å². The fourth-order valence-corrected chi connectivity index (χ4v) is 6.17. The lowest BCUT2D eigenvalue weighted by Crippen LogP contribution is -2.44. The molecule has 1 fully saturated rings. The Kier molecular flexibility index (Phi) is 8.20. The molecule has 0 radical (unpaired) electrons. The van der Waals surface area contributed by atoms with Crippen LogP contribution in [-0.4, -0.2) is 55.5 Å². The average Bonchev–Trinajstić information content (AvgIpc) is 3.25. The molecule has 8 heteroatoms. The van der Waals surface area contributed by atoms with Crippen LogP contribution in [0.3, 0.4) is 0 Å². The predicted molar refractivity (Wildman–Crippen MR) is 151 cm³/mol. The minimum atomic E-state index is -0.211.